The molecule has 2 N–H and O–H groups in total. The highest BCUT2D eigenvalue weighted by atomic mass is 127. The monoisotopic (exact) mass is 420 g/mol. The van der Waals surface area contributed by atoms with E-state index >= 15 is 0 Å². The Morgan fingerprint density at radius 1 is 1.10 bits per heavy atom. The molecule has 0 amide bonds. The molecule has 2 unspecified atom stereocenters. The Morgan fingerprint density at radius 3 is 2.40 bits per heavy atom. The van der Waals surface area contributed by atoms with Crippen LogP contribution in [-0.2, 0) is 6.42 Å². The lowest BCUT2D eigenvalue weighted by molar-refractivity contribution is 0.575. The molecule has 106 valence electrons. The van der Waals surface area contributed by atoms with Crippen molar-refractivity contribution in [3.05, 3.63) is 63.9 Å². The summed E-state index contributed by atoms with van der Waals surface area (Å²) in [6.45, 7) is 0. The zero-order chi connectivity index (χ0) is 14.5. The maximum Gasteiger partial charge on any atom is 0.0592 e. The molecule has 1 aromatic heterocycles. The minimum atomic E-state index is 0.0616. The highest BCUT2D eigenvalue weighted by molar-refractivity contribution is 14.1. The van der Waals surface area contributed by atoms with Crippen LogP contribution in [0.1, 0.15) is 17.0 Å². The Morgan fingerprint density at radius 2 is 1.80 bits per heavy atom. The van der Waals surface area contributed by atoms with Gasteiger partial charge in [-0.05, 0) is 35.7 Å². The van der Waals surface area contributed by atoms with E-state index in [0.29, 0.717) is 5.02 Å². The number of hydrogen-bond acceptors (Lipinski definition) is 2. The van der Waals surface area contributed by atoms with E-state index in [-0.39, 0.29) is 12.0 Å². The van der Waals surface area contributed by atoms with E-state index in [9.17, 15) is 0 Å². The summed E-state index contributed by atoms with van der Waals surface area (Å²) in [5.41, 5.74) is 8.56. The summed E-state index contributed by atoms with van der Waals surface area (Å²) in [5.74, 6) is 0.194. The highest BCUT2D eigenvalue weighted by Crippen LogP contribution is 2.26. The summed E-state index contributed by atoms with van der Waals surface area (Å²) in [7, 11) is 0. The number of nitrogens with zero attached hydrogens (tertiary/aromatic N) is 1. The van der Waals surface area contributed by atoms with Crippen molar-refractivity contribution in [2.45, 2.75) is 18.4 Å². The van der Waals surface area contributed by atoms with Gasteiger partial charge in [0.15, 0.2) is 0 Å². The average Bonchev–Trinajstić information content (AvgIpc) is 2.46. The summed E-state index contributed by atoms with van der Waals surface area (Å²) in [5, 5.41) is 1.39. The SMILES string of the molecule is NC(CI)C(Cc1ccc(Cl)cc1)c1cncc(Cl)c1. The normalized spacial score (nSPS) is 14.0. The molecule has 5 heteroatoms. The van der Waals surface area contributed by atoms with E-state index in [1.54, 1.807) is 6.20 Å². The molecule has 2 aromatic rings. The van der Waals surface area contributed by atoms with Crippen molar-refractivity contribution < 1.29 is 0 Å². The molecule has 0 bridgehead atoms. The van der Waals surface area contributed by atoms with Crippen molar-refractivity contribution >= 4 is 45.8 Å². The van der Waals surface area contributed by atoms with Crippen LogP contribution >= 0.6 is 45.8 Å². The fraction of sp³-hybridized carbons (Fsp3) is 0.267. The minimum Gasteiger partial charge on any atom is -0.326 e. The zero-order valence-corrected chi connectivity index (χ0v) is 14.4. The number of pyridine rings is 1. The number of nitrogens with two attached hydrogens (primary N) is 1. The van der Waals surface area contributed by atoms with Crippen molar-refractivity contribution in [3.63, 3.8) is 0 Å². The number of alkyl halides is 1. The van der Waals surface area contributed by atoms with Crippen molar-refractivity contribution in [3.8, 4) is 0 Å². The van der Waals surface area contributed by atoms with Gasteiger partial charge in [-0.2, -0.15) is 0 Å². The van der Waals surface area contributed by atoms with Crippen molar-refractivity contribution in [1.82, 2.24) is 4.98 Å². The molecule has 0 saturated carbocycles. The first-order valence-corrected chi connectivity index (χ1v) is 8.54. The predicted octanol–water partition coefficient (Wildman–Crippen LogP) is 4.48. The van der Waals surface area contributed by atoms with Gasteiger partial charge in [0, 0.05) is 33.8 Å². The lowest BCUT2D eigenvalue weighted by Crippen LogP contribution is -2.31. The lowest BCUT2D eigenvalue weighted by Gasteiger charge is -2.23. The largest absolute Gasteiger partial charge is 0.326 e. The molecular weight excluding hydrogens is 406 g/mol. The third-order valence-electron chi connectivity index (χ3n) is 3.22. The first-order chi connectivity index (χ1) is 9.60. The van der Waals surface area contributed by atoms with Crippen LogP contribution in [-0.4, -0.2) is 15.5 Å². The number of hydrogen-bond donors (Lipinski definition) is 1. The molecule has 2 nitrogen and oxygen atoms in total. The van der Waals surface area contributed by atoms with Crippen LogP contribution in [0.25, 0.3) is 0 Å². The molecule has 0 fully saturated rings. The first-order valence-electron chi connectivity index (χ1n) is 6.26. The molecule has 0 spiro atoms. The maximum absolute atomic E-state index is 6.27. The third kappa shape index (κ3) is 4.32. The second kappa shape index (κ2) is 7.59. The Hall–Kier alpha value is -0.360. The van der Waals surface area contributed by atoms with E-state index in [1.807, 2.05) is 36.5 Å². The van der Waals surface area contributed by atoms with Gasteiger partial charge >= 0.3 is 0 Å². The average molecular weight is 421 g/mol. The van der Waals surface area contributed by atoms with Crippen LogP contribution < -0.4 is 5.73 Å². The second-order valence-electron chi connectivity index (χ2n) is 4.69. The van der Waals surface area contributed by atoms with Gasteiger partial charge in [-0.1, -0.05) is 57.9 Å². The summed E-state index contributed by atoms with van der Waals surface area (Å²) >= 11 is 14.3. The zero-order valence-electron chi connectivity index (χ0n) is 10.8. The lowest BCUT2D eigenvalue weighted by atomic mass is 9.88. The molecule has 1 heterocycles. The molecule has 1 aromatic carbocycles. The minimum absolute atomic E-state index is 0.0616. The van der Waals surface area contributed by atoms with Crippen LogP contribution in [0.4, 0.5) is 0 Å². The summed E-state index contributed by atoms with van der Waals surface area (Å²) in [6, 6.07) is 9.88. The number of benzene rings is 1. The molecule has 2 rings (SSSR count). The highest BCUT2D eigenvalue weighted by Gasteiger charge is 2.20. The molecule has 20 heavy (non-hydrogen) atoms. The molecular formula is C15H15Cl2IN2. The third-order valence-corrected chi connectivity index (χ3v) is 4.69. The van der Waals surface area contributed by atoms with Crippen molar-refractivity contribution in [1.29, 1.82) is 0 Å². The van der Waals surface area contributed by atoms with Crippen LogP contribution in [0, 0.1) is 0 Å². The molecule has 0 aliphatic heterocycles. The quantitative estimate of drug-likeness (QED) is 0.572. The summed E-state index contributed by atoms with van der Waals surface area (Å²) in [6.07, 6.45) is 4.34. The first kappa shape index (κ1) is 16.0. The molecule has 0 radical (unpaired) electrons. The van der Waals surface area contributed by atoms with E-state index < -0.39 is 0 Å². The van der Waals surface area contributed by atoms with Gasteiger partial charge in [0.25, 0.3) is 0 Å². The number of rotatable bonds is 5. The van der Waals surface area contributed by atoms with Gasteiger partial charge < -0.3 is 5.73 Å². The van der Waals surface area contributed by atoms with Crippen molar-refractivity contribution in [2.24, 2.45) is 5.73 Å². The Kier molecular flexibility index (Phi) is 6.08. The van der Waals surface area contributed by atoms with Crippen LogP contribution in [0.5, 0.6) is 0 Å². The van der Waals surface area contributed by atoms with Crippen LogP contribution in [0.15, 0.2) is 42.7 Å². The van der Waals surface area contributed by atoms with Crippen molar-refractivity contribution in [2.75, 3.05) is 4.43 Å². The second-order valence-corrected chi connectivity index (χ2v) is 6.45. The molecule has 0 aliphatic carbocycles. The Bertz CT molecular complexity index is 560. The smallest absolute Gasteiger partial charge is 0.0592 e. The summed E-state index contributed by atoms with van der Waals surface area (Å²) < 4.78 is 0.878. The topological polar surface area (TPSA) is 38.9 Å². The summed E-state index contributed by atoms with van der Waals surface area (Å²) in [4.78, 5) is 4.17. The molecule has 0 saturated heterocycles. The van der Waals surface area contributed by atoms with Crippen LogP contribution in [0.2, 0.25) is 10.0 Å². The fourth-order valence-electron chi connectivity index (χ4n) is 2.13. The van der Waals surface area contributed by atoms with Gasteiger partial charge in [0.2, 0.25) is 0 Å². The predicted molar refractivity (Wildman–Crippen MR) is 94.0 cm³/mol. The van der Waals surface area contributed by atoms with Gasteiger partial charge in [0.05, 0.1) is 5.02 Å². The standard InChI is InChI=1S/C15H15Cl2IN2/c16-12-3-1-10(2-4-12)5-14(15(19)7-18)11-6-13(17)9-20-8-11/h1-4,6,8-9,14-15H,5,7,19H2. The molecule has 0 aliphatic rings. The van der Waals surface area contributed by atoms with Gasteiger partial charge in [-0.3, -0.25) is 4.98 Å². The fourth-order valence-corrected chi connectivity index (χ4v) is 3.05. The van der Waals surface area contributed by atoms with Gasteiger partial charge in [-0.25, -0.2) is 0 Å². The molecule has 2 atom stereocenters. The number of halogens is 3. The van der Waals surface area contributed by atoms with E-state index in [4.69, 9.17) is 28.9 Å². The Balaban J connectivity index is 2.26. The van der Waals surface area contributed by atoms with E-state index in [2.05, 4.69) is 27.6 Å². The van der Waals surface area contributed by atoms with Gasteiger partial charge in [0.1, 0.15) is 0 Å². The van der Waals surface area contributed by atoms with Gasteiger partial charge in [-0.15, -0.1) is 0 Å². The van der Waals surface area contributed by atoms with E-state index in [0.717, 1.165) is 21.4 Å². The van der Waals surface area contributed by atoms with Crippen LogP contribution in [0.3, 0.4) is 0 Å². The Labute approximate surface area is 142 Å². The number of aromatic nitrogens is 1. The van der Waals surface area contributed by atoms with E-state index in [1.165, 1.54) is 5.56 Å². The maximum atomic E-state index is 6.27.